The molecule has 5 rings (SSSR count). The van der Waals surface area contributed by atoms with E-state index in [1.807, 2.05) is 33.8 Å². The molecule has 0 amide bonds. The molecule has 1 aromatic carbocycles. The number of halogens is 1. The molecule has 2 saturated heterocycles. The fraction of sp³-hybridized carbons (Fsp3) is 0.500. The number of ether oxygens (including phenoxy) is 2. The Balaban J connectivity index is 1.31. The molecule has 2 fully saturated rings. The Morgan fingerprint density at radius 3 is 2.56 bits per heavy atom. The van der Waals surface area contributed by atoms with Crippen LogP contribution in [-0.4, -0.2) is 51.6 Å². The molecule has 2 aliphatic rings. The fourth-order valence-corrected chi connectivity index (χ4v) is 4.52. The summed E-state index contributed by atoms with van der Waals surface area (Å²) in [6.07, 6.45) is 2.84. The van der Waals surface area contributed by atoms with Gasteiger partial charge in [-0.1, -0.05) is 25.0 Å². The van der Waals surface area contributed by atoms with Gasteiger partial charge < -0.3 is 24.1 Å². The first-order valence-electron chi connectivity index (χ1n) is 11.6. The van der Waals surface area contributed by atoms with Crippen LogP contribution in [0.3, 0.4) is 0 Å². The van der Waals surface area contributed by atoms with Crippen molar-refractivity contribution >= 4 is 17.5 Å². The van der Waals surface area contributed by atoms with Crippen LogP contribution in [0, 0.1) is 19.7 Å². The molecular weight excluding hydrogens is 439 g/mol. The van der Waals surface area contributed by atoms with Gasteiger partial charge in [0.1, 0.15) is 24.1 Å². The molecule has 2 bridgehead atoms. The van der Waals surface area contributed by atoms with Gasteiger partial charge in [0.15, 0.2) is 0 Å². The minimum atomic E-state index is -0.331. The van der Waals surface area contributed by atoms with Crippen molar-refractivity contribution in [3.8, 4) is 5.88 Å². The first-order valence-corrected chi connectivity index (χ1v) is 11.6. The van der Waals surface area contributed by atoms with E-state index in [1.54, 1.807) is 6.07 Å². The second-order valence-electron chi connectivity index (χ2n) is 9.30. The molecule has 0 aliphatic carbocycles. The molecule has 34 heavy (non-hydrogen) atoms. The Labute approximate surface area is 197 Å². The highest BCUT2D eigenvalue weighted by Gasteiger charge is 2.42. The average molecular weight is 469 g/mol. The Morgan fingerprint density at radius 2 is 1.88 bits per heavy atom. The highest BCUT2D eigenvalue weighted by atomic mass is 19.1. The van der Waals surface area contributed by atoms with Crippen molar-refractivity contribution < 1.29 is 18.3 Å². The van der Waals surface area contributed by atoms with E-state index < -0.39 is 0 Å². The normalized spacial score (nSPS) is 22.2. The van der Waals surface area contributed by atoms with Crippen LogP contribution in [0.25, 0.3) is 0 Å². The van der Waals surface area contributed by atoms with Crippen LogP contribution in [-0.2, 0) is 4.74 Å². The van der Waals surface area contributed by atoms with Gasteiger partial charge in [-0.15, -0.1) is 5.10 Å². The zero-order chi connectivity index (χ0) is 23.8. The quantitative estimate of drug-likeness (QED) is 0.568. The third-order valence-electron chi connectivity index (χ3n) is 6.32. The maximum atomic E-state index is 14.3. The van der Waals surface area contributed by atoms with Gasteiger partial charge >= 0.3 is 6.01 Å². The molecule has 1 N–H and O–H groups in total. The van der Waals surface area contributed by atoms with Crippen molar-refractivity contribution in [3.63, 3.8) is 0 Å². The lowest BCUT2D eigenvalue weighted by Gasteiger charge is -2.47. The second kappa shape index (κ2) is 9.17. The lowest BCUT2D eigenvalue weighted by Crippen LogP contribution is -2.59. The Kier molecular flexibility index (Phi) is 6.07. The lowest BCUT2D eigenvalue weighted by atomic mass is 9.92. The SMILES string of the molecule is Cc1ccc(Nc2ncnc(OC3CC4COCC(C3)N4c3nnc(C(C)C)o3)c2C)c(F)c1. The van der Waals surface area contributed by atoms with Crippen LogP contribution in [0.1, 0.15) is 49.6 Å². The van der Waals surface area contributed by atoms with E-state index in [-0.39, 0.29) is 29.9 Å². The molecular formula is C24H29FN6O3. The van der Waals surface area contributed by atoms with Crippen molar-refractivity contribution in [2.45, 2.75) is 64.6 Å². The van der Waals surface area contributed by atoms with Crippen molar-refractivity contribution in [2.24, 2.45) is 0 Å². The molecule has 10 heteroatoms. The van der Waals surface area contributed by atoms with Crippen LogP contribution < -0.4 is 15.0 Å². The topological polar surface area (TPSA) is 98.4 Å². The van der Waals surface area contributed by atoms with Crippen molar-refractivity contribution in [1.29, 1.82) is 0 Å². The van der Waals surface area contributed by atoms with Gasteiger partial charge in [0.25, 0.3) is 0 Å². The number of aromatic nitrogens is 4. The second-order valence-corrected chi connectivity index (χ2v) is 9.30. The Hall–Kier alpha value is -3.27. The summed E-state index contributed by atoms with van der Waals surface area (Å²) in [6, 6.07) is 5.72. The summed E-state index contributed by atoms with van der Waals surface area (Å²) in [4.78, 5) is 10.8. The summed E-state index contributed by atoms with van der Waals surface area (Å²) in [5, 5.41) is 11.5. The number of hydrogen-bond donors (Lipinski definition) is 1. The van der Waals surface area contributed by atoms with Crippen LogP contribution >= 0.6 is 0 Å². The molecule has 9 nitrogen and oxygen atoms in total. The number of anilines is 3. The first kappa shape index (κ1) is 22.5. The Morgan fingerprint density at radius 1 is 1.12 bits per heavy atom. The molecule has 0 radical (unpaired) electrons. The van der Waals surface area contributed by atoms with Gasteiger partial charge in [0.2, 0.25) is 11.8 Å². The molecule has 2 unspecified atom stereocenters. The molecule has 2 aromatic heterocycles. The van der Waals surface area contributed by atoms with E-state index in [9.17, 15) is 4.39 Å². The summed E-state index contributed by atoms with van der Waals surface area (Å²) in [6.45, 7) is 8.91. The van der Waals surface area contributed by atoms with Gasteiger partial charge in [-0.25, -0.2) is 14.4 Å². The summed E-state index contributed by atoms with van der Waals surface area (Å²) in [5.41, 5.74) is 1.94. The van der Waals surface area contributed by atoms with E-state index in [1.165, 1.54) is 12.4 Å². The maximum absolute atomic E-state index is 14.3. The number of nitrogens with zero attached hydrogens (tertiary/aromatic N) is 5. The Bertz CT molecular complexity index is 1160. The van der Waals surface area contributed by atoms with Crippen molar-refractivity contribution in [3.05, 3.63) is 47.4 Å². The number of rotatable bonds is 6. The molecule has 2 aliphatic heterocycles. The predicted molar refractivity (Wildman–Crippen MR) is 124 cm³/mol. The number of hydrogen-bond acceptors (Lipinski definition) is 9. The number of morpholine rings is 1. The van der Waals surface area contributed by atoms with Gasteiger partial charge in [-0.2, -0.15) is 0 Å². The summed E-state index contributed by atoms with van der Waals surface area (Å²) < 4.78 is 32.4. The number of piperidine rings is 1. The van der Waals surface area contributed by atoms with E-state index in [2.05, 4.69) is 30.4 Å². The predicted octanol–water partition coefficient (Wildman–Crippen LogP) is 4.30. The zero-order valence-electron chi connectivity index (χ0n) is 19.8. The van der Waals surface area contributed by atoms with Crippen molar-refractivity contribution in [2.75, 3.05) is 23.4 Å². The highest BCUT2D eigenvalue weighted by Crippen LogP contribution is 2.35. The van der Waals surface area contributed by atoms with Gasteiger partial charge in [-0.05, 0) is 31.5 Å². The van der Waals surface area contributed by atoms with Crippen LogP contribution in [0.2, 0.25) is 0 Å². The number of fused-ring (bicyclic) bond motifs is 2. The maximum Gasteiger partial charge on any atom is 0.318 e. The fourth-order valence-electron chi connectivity index (χ4n) is 4.52. The van der Waals surface area contributed by atoms with Crippen LogP contribution in [0.15, 0.2) is 28.9 Å². The van der Waals surface area contributed by atoms with E-state index >= 15 is 0 Å². The smallest absolute Gasteiger partial charge is 0.318 e. The van der Waals surface area contributed by atoms with E-state index in [0.29, 0.717) is 42.5 Å². The zero-order valence-corrected chi connectivity index (χ0v) is 19.8. The molecule has 0 spiro atoms. The van der Waals surface area contributed by atoms with Gasteiger partial charge in [-0.3, -0.25) is 0 Å². The number of nitrogens with one attached hydrogen (secondary N) is 1. The first-order chi connectivity index (χ1) is 16.4. The highest BCUT2D eigenvalue weighted by molar-refractivity contribution is 5.61. The molecule has 2 atom stereocenters. The molecule has 180 valence electrons. The van der Waals surface area contributed by atoms with E-state index in [0.717, 1.165) is 24.0 Å². The van der Waals surface area contributed by atoms with E-state index in [4.69, 9.17) is 13.9 Å². The standard InChI is InChI=1S/C24H29FN6O3/c1-13(2)22-29-30-24(34-22)31-16-8-18(9-17(31)11-32-10-16)33-23-15(4)21(26-12-27-23)28-20-6-5-14(3)7-19(20)25/h5-7,12-13,16-18H,8-11H2,1-4H3,(H,26,27,28). The minimum absolute atomic E-state index is 0.0554. The molecule has 4 heterocycles. The molecule has 0 saturated carbocycles. The third kappa shape index (κ3) is 4.42. The minimum Gasteiger partial charge on any atom is -0.474 e. The van der Waals surface area contributed by atoms with Gasteiger partial charge in [0.05, 0.1) is 36.5 Å². The number of benzene rings is 1. The summed E-state index contributed by atoms with van der Waals surface area (Å²) in [5.74, 6) is 1.48. The largest absolute Gasteiger partial charge is 0.474 e. The van der Waals surface area contributed by atoms with Crippen LogP contribution in [0.5, 0.6) is 5.88 Å². The lowest BCUT2D eigenvalue weighted by molar-refractivity contribution is 0.00467. The monoisotopic (exact) mass is 468 g/mol. The van der Waals surface area contributed by atoms with Gasteiger partial charge in [0, 0.05) is 18.8 Å². The summed E-state index contributed by atoms with van der Waals surface area (Å²) in [7, 11) is 0. The van der Waals surface area contributed by atoms with Crippen LogP contribution in [0.4, 0.5) is 21.9 Å². The average Bonchev–Trinajstić information content (AvgIpc) is 3.28. The van der Waals surface area contributed by atoms with Crippen molar-refractivity contribution in [1.82, 2.24) is 20.2 Å². The number of aryl methyl sites for hydroxylation is 1. The molecule has 3 aromatic rings. The third-order valence-corrected chi connectivity index (χ3v) is 6.32. The summed E-state index contributed by atoms with van der Waals surface area (Å²) >= 11 is 0.